The predicted molar refractivity (Wildman–Crippen MR) is 180 cm³/mol. The summed E-state index contributed by atoms with van der Waals surface area (Å²) in [4.78, 5) is 0. The summed E-state index contributed by atoms with van der Waals surface area (Å²) in [7, 11) is 0. The van der Waals surface area contributed by atoms with Gasteiger partial charge in [0.15, 0.2) is 0 Å². The average Bonchev–Trinajstić information content (AvgIpc) is 3.71. The maximum atomic E-state index is 13.3. The summed E-state index contributed by atoms with van der Waals surface area (Å²) >= 11 is 0. The molecule has 0 amide bonds. The molecule has 3 aliphatic heterocycles. The molecule has 3 nitrogen and oxygen atoms in total. The fraction of sp³-hybridized carbons (Fsp3) is 0.550. The van der Waals surface area contributed by atoms with E-state index in [-0.39, 0.29) is 5.82 Å². The van der Waals surface area contributed by atoms with Crippen LogP contribution in [0, 0.1) is 12.7 Å². The third kappa shape index (κ3) is 5.79. The van der Waals surface area contributed by atoms with Crippen molar-refractivity contribution < 1.29 is 4.39 Å². The lowest BCUT2D eigenvalue weighted by atomic mass is 9.74. The zero-order valence-corrected chi connectivity index (χ0v) is 26.9. The van der Waals surface area contributed by atoms with Crippen LogP contribution in [-0.2, 0) is 35.5 Å². The Labute approximate surface area is 264 Å². The lowest BCUT2D eigenvalue weighted by molar-refractivity contribution is 0.306. The standard InChI is InChI=1S/C14H19N.C13H16FN.C13H17N/c1-11-2-3-12-4-5-14(13(12)10-11)6-8-15-9-7-14;14-11-2-1-10-3-4-13(12(10)9-11)5-7-15-8-6-13;1-2-4-12-11(3-1)5-6-13(12)7-9-14-10-8-13/h2-3,10,15H,4-9H2,1H3;1-2,9,15H,3-8H2;1-4,14H,5-10H2. The largest absolute Gasteiger partial charge is 0.317 e. The maximum Gasteiger partial charge on any atom is 0.123 e. The molecule has 3 N–H and O–H groups in total. The number of halogens is 1. The Hall–Kier alpha value is -2.53. The second-order valence-electron chi connectivity index (χ2n) is 14.7. The third-order valence-corrected chi connectivity index (χ3v) is 12.4. The highest BCUT2D eigenvalue weighted by atomic mass is 19.1. The molecule has 0 unspecified atom stereocenters. The first kappa shape index (κ1) is 30.1. The smallest absolute Gasteiger partial charge is 0.123 e. The number of nitrogens with one attached hydrogen (secondary N) is 3. The minimum Gasteiger partial charge on any atom is -0.317 e. The summed E-state index contributed by atoms with van der Waals surface area (Å²) < 4.78 is 13.3. The summed E-state index contributed by atoms with van der Waals surface area (Å²) in [6, 6.07) is 21.4. The molecule has 3 spiro atoms. The van der Waals surface area contributed by atoms with E-state index in [2.05, 4.69) is 65.3 Å². The number of rotatable bonds is 0. The van der Waals surface area contributed by atoms with Crippen LogP contribution in [0.3, 0.4) is 0 Å². The van der Waals surface area contributed by atoms with Crippen LogP contribution >= 0.6 is 0 Å². The van der Waals surface area contributed by atoms with Gasteiger partial charge in [-0.15, -0.1) is 0 Å². The van der Waals surface area contributed by atoms with Crippen molar-refractivity contribution in [1.82, 2.24) is 16.0 Å². The molecule has 0 radical (unpaired) electrons. The van der Waals surface area contributed by atoms with Crippen molar-refractivity contribution in [2.45, 2.75) is 100 Å². The molecule has 6 aliphatic rings. The molecule has 0 atom stereocenters. The Morgan fingerprint density at radius 3 is 1.45 bits per heavy atom. The van der Waals surface area contributed by atoms with Crippen molar-refractivity contribution in [2.75, 3.05) is 39.3 Å². The first-order chi connectivity index (χ1) is 21.5. The molecular formula is C40H52FN3. The van der Waals surface area contributed by atoms with Crippen LogP contribution in [0.5, 0.6) is 0 Å². The zero-order valence-electron chi connectivity index (χ0n) is 26.9. The summed E-state index contributed by atoms with van der Waals surface area (Å²) in [6.45, 7) is 9.18. The maximum absolute atomic E-state index is 13.3. The van der Waals surface area contributed by atoms with Gasteiger partial charge in [0, 0.05) is 0 Å². The Balaban J connectivity index is 0.000000107. The second-order valence-corrected chi connectivity index (χ2v) is 14.7. The van der Waals surface area contributed by atoms with Gasteiger partial charge in [0.05, 0.1) is 0 Å². The monoisotopic (exact) mass is 593 g/mol. The molecule has 0 saturated carbocycles. The summed E-state index contributed by atoms with van der Waals surface area (Å²) in [5.41, 5.74) is 12.0. The van der Waals surface area contributed by atoms with Crippen LogP contribution < -0.4 is 16.0 Å². The molecule has 44 heavy (non-hydrogen) atoms. The lowest BCUT2D eigenvalue weighted by Gasteiger charge is -2.35. The van der Waals surface area contributed by atoms with E-state index in [9.17, 15) is 4.39 Å². The van der Waals surface area contributed by atoms with E-state index in [4.69, 9.17) is 0 Å². The molecule has 9 rings (SSSR count). The molecule has 3 fully saturated rings. The van der Waals surface area contributed by atoms with Gasteiger partial charge in [0.1, 0.15) is 5.82 Å². The van der Waals surface area contributed by atoms with E-state index in [0.29, 0.717) is 16.2 Å². The van der Waals surface area contributed by atoms with Gasteiger partial charge in [-0.3, -0.25) is 0 Å². The molecule has 3 aromatic rings. The van der Waals surface area contributed by atoms with Gasteiger partial charge in [0.2, 0.25) is 0 Å². The second kappa shape index (κ2) is 12.7. The fourth-order valence-electron chi connectivity index (χ4n) is 9.72. The van der Waals surface area contributed by atoms with E-state index < -0.39 is 0 Å². The van der Waals surface area contributed by atoms with Gasteiger partial charge in [-0.05, 0) is 185 Å². The first-order valence-corrected chi connectivity index (χ1v) is 17.6. The molecule has 0 bridgehead atoms. The average molecular weight is 594 g/mol. The number of fused-ring (bicyclic) bond motifs is 6. The lowest BCUT2D eigenvalue weighted by Crippen LogP contribution is -2.38. The first-order valence-electron chi connectivity index (χ1n) is 17.6. The van der Waals surface area contributed by atoms with E-state index >= 15 is 0 Å². The molecule has 0 aromatic heterocycles. The molecule has 3 aliphatic carbocycles. The van der Waals surface area contributed by atoms with Crippen LogP contribution in [0.1, 0.15) is 96.7 Å². The van der Waals surface area contributed by atoms with Gasteiger partial charge in [-0.2, -0.15) is 0 Å². The fourth-order valence-corrected chi connectivity index (χ4v) is 9.72. The van der Waals surface area contributed by atoms with Crippen LogP contribution in [-0.4, -0.2) is 39.3 Å². The van der Waals surface area contributed by atoms with E-state index in [0.717, 1.165) is 19.5 Å². The van der Waals surface area contributed by atoms with Crippen molar-refractivity contribution in [3.05, 3.63) is 105 Å². The van der Waals surface area contributed by atoms with Gasteiger partial charge >= 0.3 is 0 Å². The molecular weight excluding hydrogens is 541 g/mol. The predicted octanol–water partition coefficient (Wildman–Crippen LogP) is 7.21. The van der Waals surface area contributed by atoms with Crippen molar-refractivity contribution in [3.8, 4) is 0 Å². The van der Waals surface area contributed by atoms with Crippen molar-refractivity contribution >= 4 is 0 Å². The van der Waals surface area contributed by atoms with Crippen molar-refractivity contribution in [2.24, 2.45) is 0 Å². The molecule has 3 saturated heterocycles. The number of benzene rings is 3. The number of aryl methyl sites for hydroxylation is 4. The minimum absolute atomic E-state index is 0.0754. The van der Waals surface area contributed by atoms with Crippen LogP contribution in [0.4, 0.5) is 4.39 Å². The number of piperidine rings is 3. The normalized spacial score (nSPS) is 23.2. The molecule has 3 aromatic carbocycles. The Morgan fingerprint density at radius 1 is 0.477 bits per heavy atom. The molecule has 4 heteroatoms. The Morgan fingerprint density at radius 2 is 0.909 bits per heavy atom. The summed E-state index contributed by atoms with van der Waals surface area (Å²) in [5.74, 6) is -0.0754. The zero-order chi connectivity index (χ0) is 30.0. The van der Waals surface area contributed by atoms with Crippen molar-refractivity contribution in [1.29, 1.82) is 0 Å². The Kier molecular flexibility index (Phi) is 8.70. The Bertz CT molecular complexity index is 1350. The van der Waals surface area contributed by atoms with E-state index in [1.165, 1.54) is 113 Å². The number of hydrogen-bond donors (Lipinski definition) is 3. The SMILES string of the molecule is Cc1ccc2c(c1)C1(CCNCC1)CC2.Fc1ccc2c(c1)C1(CCNCC1)CC2.c1ccc2c(c1)CCC21CCNCC1. The van der Waals surface area contributed by atoms with Crippen LogP contribution in [0.2, 0.25) is 0 Å². The summed E-state index contributed by atoms with van der Waals surface area (Å²) in [6.07, 6.45) is 15.4. The van der Waals surface area contributed by atoms with Gasteiger partial charge < -0.3 is 16.0 Å². The highest BCUT2D eigenvalue weighted by Crippen LogP contribution is 2.47. The van der Waals surface area contributed by atoms with Gasteiger partial charge in [-0.1, -0.05) is 54.1 Å². The highest BCUT2D eigenvalue weighted by molar-refractivity contribution is 5.43. The van der Waals surface area contributed by atoms with Crippen molar-refractivity contribution in [3.63, 3.8) is 0 Å². The van der Waals surface area contributed by atoms with E-state index in [1.54, 1.807) is 34.4 Å². The topological polar surface area (TPSA) is 36.1 Å². The van der Waals surface area contributed by atoms with Gasteiger partial charge in [0.25, 0.3) is 0 Å². The quantitative estimate of drug-likeness (QED) is 0.258. The molecule has 234 valence electrons. The molecule has 3 heterocycles. The summed E-state index contributed by atoms with van der Waals surface area (Å²) in [5, 5.41) is 10.3. The third-order valence-electron chi connectivity index (χ3n) is 12.4. The minimum atomic E-state index is -0.0754. The highest BCUT2D eigenvalue weighted by Gasteiger charge is 2.41. The number of hydrogen-bond acceptors (Lipinski definition) is 3. The van der Waals surface area contributed by atoms with E-state index in [1.807, 2.05) is 6.07 Å². The van der Waals surface area contributed by atoms with Crippen LogP contribution in [0.15, 0.2) is 60.7 Å². The van der Waals surface area contributed by atoms with Crippen LogP contribution in [0.25, 0.3) is 0 Å². The van der Waals surface area contributed by atoms with Gasteiger partial charge in [-0.25, -0.2) is 4.39 Å².